The van der Waals surface area contributed by atoms with Gasteiger partial charge in [0, 0.05) is 0 Å². The van der Waals surface area contributed by atoms with E-state index in [1.54, 1.807) is 6.92 Å². The molecule has 1 aromatic heterocycles. The largest absolute Gasteiger partial charge is 0.489 e. The van der Waals surface area contributed by atoms with E-state index in [9.17, 15) is 18.0 Å². The number of allylic oxidation sites excluding steroid dienone is 1. The van der Waals surface area contributed by atoms with Gasteiger partial charge in [-0.05, 0) is 19.1 Å². The van der Waals surface area contributed by atoms with Gasteiger partial charge in [0.05, 0.1) is 12.3 Å². The fourth-order valence-corrected chi connectivity index (χ4v) is 1.05. The van der Waals surface area contributed by atoms with Crippen LogP contribution < -0.4 is 5.32 Å². The van der Waals surface area contributed by atoms with Gasteiger partial charge in [0.15, 0.2) is 6.61 Å². The zero-order valence-corrected chi connectivity index (χ0v) is 9.63. The number of amides is 1. The third-order valence-electron chi connectivity index (χ3n) is 1.85. The monoisotopic (exact) mass is 263 g/mol. The van der Waals surface area contributed by atoms with Crippen LogP contribution in [0.15, 0.2) is 28.9 Å². The summed E-state index contributed by atoms with van der Waals surface area (Å²) in [6.45, 7) is 4.64. The smallest absolute Gasteiger partial charge is 0.449 e. The van der Waals surface area contributed by atoms with Crippen LogP contribution in [0.25, 0.3) is 0 Å². The summed E-state index contributed by atoms with van der Waals surface area (Å²) in [7, 11) is 0. The molecular weight excluding hydrogens is 251 g/mol. The Balaban J connectivity index is 2.42. The zero-order chi connectivity index (χ0) is 13.8. The van der Waals surface area contributed by atoms with Crippen molar-refractivity contribution in [1.82, 2.24) is 5.32 Å². The highest BCUT2D eigenvalue weighted by Crippen LogP contribution is 2.30. The molecule has 18 heavy (non-hydrogen) atoms. The van der Waals surface area contributed by atoms with Gasteiger partial charge in [-0.2, -0.15) is 13.2 Å². The molecule has 4 nitrogen and oxygen atoms in total. The van der Waals surface area contributed by atoms with E-state index in [0.717, 1.165) is 12.1 Å². The molecule has 0 fully saturated rings. The first-order chi connectivity index (χ1) is 8.29. The van der Waals surface area contributed by atoms with Crippen molar-refractivity contribution >= 4 is 5.91 Å². The van der Waals surface area contributed by atoms with Crippen LogP contribution in [-0.2, 0) is 22.3 Å². The lowest BCUT2D eigenvalue weighted by Crippen LogP contribution is -2.26. The van der Waals surface area contributed by atoms with Crippen molar-refractivity contribution in [3.8, 4) is 0 Å². The first-order valence-corrected chi connectivity index (χ1v) is 5.00. The summed E-state index contributed by atoms with van der Waals surface area (Å²) < 4.78 is 46.0. The molecule has 0 saturated carbocycles. The molecule has 7 heteroatoms. The van der Waals surface area contributed by atoms with E-state index in [0.29, 0.717) is 5.76 Å². The lowest BCUT2D eigenvalue weighted by atomic mass is 10.4. The van der Waals surface area contributed by atoms with Gasteiger partial charge in [0.1, 0.15) is 5.76 Å². The molecule has 1 heterocycles. The fourth-order valence-electron chi connectivity index (χ4n) is 1.05. The first-order valence-electron chi connectivity index (χ1n) is 5.00. The molecule has 0 aliphatic carbocycles. The Hall–Kier alpha value is -1.92. The minimum Gasteiger partial charge on any atom is -0.489 e. The maximum atomic E-state index is 12.2. The predicted molar refractivity (Wildman–Crippen MR) is 56.3 cm³/mol. The molecule has 0 radical (unpaired) electrons. The number of halogens is 3. The zero-order valence-electron chi connectivity index (χ0n) is 9.63. The third-order valence-corrected chi connectivity index (χ3v) is 1.85. The van der Waals surface area contributed by atoms with E-state index in [1.807, 2.05) is 0 Å². The number of nitrogens with one attached hydrogen (secondary N) is 1. The molecule has 0 aliphatic heterocycles. The molecule has 0 saturated heterocycles. The van der Waals surface area contributed by atoms with Gasteiger partial charge in [0.2, 0.25) is 5.76 Å². The molecule has 1 aromatic rings. The Labute approximate surface area is 101 Å². The number of rotatable bonds is 5. The fraction of sp³-hybridized carbons (Fsp3) is 0.364. The average molecular weight is 263 g/mol. The summed E-state index contributed by atoms with van der Waals surface area (Å²) in [4.78, 5) is 11.2. The van der Waals surface area contributed by atoms with Crippen LogP contribution in [-0.4, -0.2) is 12.5 Å². The Morgan fingerprint density at radius 2 is 2.17 bits per heavy atom. The quantitative estimate of drug-likeness (QED) is 0.830. The molecule has 1 amide bonds. The highest BCUT2D eigenvalue weighted by Gasteiger charge is 2.34. The van der Waals surface area contributed by atoms with Crippen LogP contribution in [0, 0.1) is 0 Å². The summed E-state index contributed by atoms with van der Waals surface area (Å²) in [5.74, 6) is -1.17. The van der Waals surface area contributed by atoms with Gasteiger partial charge in [-0.25, -0.2) is 0 Å². The van der Waals surface area contributed by atoms with Gasteiger partial charge < -0.3 is 14.5 Å². The SMILES string of the molecule is C=C(C)OCC(=O)NCc1ccc(C(F)(F)F)o1. The molecule has 0 aromatic carbocycles. The van der Waals surface area contributed by atoms with Crippen LogP contribution in [0.2, 0.25) is 0 Å². The summed E-state index contributed by atoms with van der Waals surface area (Å²) in [5, 5.41) is 2.35. The number of hydrogen-bond acceptors (Lipinski definition) is 3. The van der Waals surface area contributed by atoms with Crippen LogP contribution in [0.1, 0.15) is 18.4 Å². The number of alkyl halides is 3. The van der Waals surface area contributed by atoms with Crippen LogP contribution in [0.5, 0.6) is 0 Å². The number of hydrogen-bond donors (Lipinski definition) is 1. The van der Waals surface area contributed by atoms with Crippen LogP contribution in [0.4, 0.5) is 13.2 Å². The highest BCUT2D eigenvalue weighted by atomic mass is 19.4. The van der Waals surface area contributed by atoms with Crippen molar-refractivity contribution in [3.05, 3.63) is 36.0 Å². The minimum absolute atomic E-state index is 0.0194. The Bertz CT molecular complexity index is 437. The van der Waals surface area contributed by atoms with E-state index in [2.05, 4.69) is 16.3 Å². The van der Waals surface area contributed by atoms with Crippen molar-refractivity contribution in [2.75, 3.05) is 6.61 Å². The van der Waals surface area contributed by atoms with Crippen molar-refractivity contribution in [2.24, 2.45) is 0 Å². The molecule has 0 spiro atoms. The van der Waals surface area contributed by atoms with Crippen molar-refractivity contribution in [1.29, 1.82) is 0 Å². The Morgan fingerprint density at radius 3 is 2.67 bits per heavy atom. The molecular formula is C11H12F3NO3. The van der Waals surface area contributed by atoms with Crippen molar-refractivity contribution in [3.63, 3.8) is 0 Å². The van der Waals surface area contributed by atoms with Gasteiger partial charge in [-0.15, -0.1) is 0 Å². The van der Waals surface area contributed by atoms with E-state index in [-0.39, 0.29) is 18.9 Å². The number of furan rings is 1. The van der Waals surface area contributed by atoms with E-state index >= 15 is 0 Å². The predicted octanol–water partition coefficient (Wildman–Crippen LogP) is 2.46. The number of carbonyl (C=O) groups excluding carboxylic acids is 1. The molecule has 1 N–H and O–H groups in total. The standard InChI is InChI=1S/C11H12F3NO3/c1-7(2)17-6-10(16)15-5-8-3-4-9(18-8)11(12,13)14/h3-4H,1,5-6H2,2H3,(H,15,16). The Kier molecular flexibility index (Phi) is 4.41. The van der Waals surface area contributed by atoms with Crippen molar-refractivity contribution in [2.45, 2.75) is 19.6 Å². The highest BCUT2D eigenvalue weighted by molar-refractivity contribution is 5.77. The third kappa shape index (κ3) is 4.52. The average Bonchev–Trinajstić information content (AvgIpc) is 2.71. The first kappa shape index (κ1) is 14.1. The number of ether oxygens (including phenoxy) is 1. The van der Waals surface area contributed by atoms with E-state index < -0.39 is 17.8 Å². The second-order valence-corrected chi connectivity index (χ2v) is 3.53. The van der Waals surface area contributed by atoms with Crippen LogP contribution in [0.3, 0.4) is 0 Å². The van der Waals surface area contributed by atoms with E-state index in [4.69, 9.17) is 4.74 Å². The summed E-state index contributed by atoms with van der Waals surface area (Å²) in [6.07, 6.45) is -4.52. The number of carbonyl (C=O) groups is 1. The lowest BCUT2D eigenvalue weighted by Gasteiger charge is -2.05. The Morgan fingerprint density at radius 1 is 1.50 bits per heavy atom. The normalized spacial score (nSPS) is 11.1. The van der Waals surface area contributed by atoms with Gasteiger partial charge >= 0.3 is 6.18 Å². The summed E-state index contributed by atoms with van der Waals surface area (Å²) >= 11 is 0. The van der Waals surface area contributed by atoms with Crippen molar-refractivity contribution < 1.29 is 27.1 Å². The molecule has 0 aliphatic rings. The van der Waals surface area contributed by atoms with Gasteiger partial charge in [-0.3, -0.25) is 4.79 Å². The molecule has 0 unspecified atom stereocenters. The van der Waals surface area contributed by atoms with Gasteiger partial charge in [-0.1, -0.05) is 6.58 Å². The maximum absolute atomic E-state index is 12.2. The second-order valence-electron chi connectivity index (χ2n) is 3.53. The minimum atomic E-state index is -4.52. The molecule has 0 bridgehead atoms. The topological polar surface area (TPSA) is 51.5 Å². The van der Waals surface area contributed by atoms with Crippen LogP contribution >= 0.6 is 0 Å². The summed E-state index contributed by atoms with van der Waals surface area (Å²) in [6, 6.07) is 1.97. The lowest BCUT2D eigenvalue weighted by molar-refractivity contribution is -0.153. The van der Waals surface area contributed by atoms with E-state index in [1.165, 1.54) is 0 Å². The molecule has 0 atom stereocenters. The molecule has 100 valence electrons. The second kappa shape index (κ2) is 5.61. The maximum Gasteiger partial charge on any atom is 0.449 e. The molecule has 1 rings (SSSR count). The summed E-state index contributed by atoms with van der Waals surface area (Å²) in [5.41, 5.74) is 0. The van der Waals surface area contributed by atoms with Gasteiger partial charge in [0.25, 0.3) is 5.91 Å².